The van der Waals surface area contributed by atoms with Crippen molar-refractivity contribution in [2.45, 2.75) is 45.8 Å². The highest BCUT2D eigenvalue weighted by Gasteiger charge is 2.61. The second-order valence-electron chi connectivity index (χ2n) is 5.57. The molecule has 2 bridgehead atoms. The third kappa shape index (κ3) is 1.19. The first kappa shape index (κ1) is 10.7. The number of hydrogen-bond acceptors (Lipinski definition) is 3. The molecule has 0 amide bonds. The van der Waals surface area contributed by atoms with E-state index in [4.69, 9.17) is 4.74 Å². The molecule has 0 aromatic rings. The molecule has 1 N–H and O–H groups in total. The topological polar surface area (TPSA) is 46.5 Å². The maximum Gasteiger partial charge on any atom is 0.314 e. The number of aliphatic hydroxyl groups is 1. The Morgan fingerprint density at radius 2 is 2.00 bits per heavy atom. The van der Waals surface area contributed by atoms with Crippen LogP contribution in [0.5, 0.6) is 0 Å². The lowest BCUT2D eigenvalue weighted by atomic mass is 9.55. The Hall–Kier alpha value is -0.830. The summed E-state index contributed by atoms with van der Waals surface area (Å²) < 4.78 is 5.15. The number of carbonyl (C=O) groups excluding carboxylic acids is 1. The van der Waals surface area contributed by atoms with Crippen LogP contribution in [0, 0.1) is 10.8 Å². The molecule has 1 aliphatic heterocycles. The summed E-state index contributed by atoms with van der Waals surface area (Å²) in [6.45, 7) is 9.78. The molecule has 1 aliphatic carbocycles. The molecule has 1 heterocycles. The number of rotatable bonds is 0. The van der Waals surface area contributed by atoms with Crippen molar-refractivity contribution in [2.75, 3.05) is 0 Å². The van der Waals surface area contributed by atoms with Crippen LogP contribution in [0.4, 0.5) is 0 Å². The first-order valence-electron chi connectivity index (χ1n) is 5.35. The zero-order chi connectivity index (χ0) is 11.5. The molecule has 2 fully saturated rings. The van der Waals surface area contributed by atoms with E-state index in [-0.39, 0.29) is 11.4 Å². The van der Waals surface area contributed by atoms with E-state index < -0.39 is 11.2 Å². The SMILES string of the molecule is C=C1CC[C@@]2(O)C[C@]1(C)C(C)(C)C(=O)O2. The molecule has 0 aromatic carbocycles. The molecule has 0 unspecified atom stereocenters. The average molecular weight is 210 g/mol. The highest BCUT2D eigenvalue weighted by molar-refractivity contribution is 5.79. The zero-order valence-electron chi connectivity index (χ0n) is 9.59. The lowest BCUT2D eigenvalue weighted by Crippen LogP contribution is -2.59. The summed E-state index contributed by atoms with van der Waals surface area (Å²) in [7, 11) is 0. The van der Waals surface area contributed by atoms with Gasteiger partial charge in [0.05, 0.1) is 5.41 Å². The van der Waals surface area contributed by atoms with Crippen LogP contribution in [-0.4, -0.2) is 16.9 Å². The van der Waals surface area contributed by atoms with Crippen LogP contribution >= 0.6 is 0 Å². The van der Waals surface area contributed by atoms with E-state index in [1.54, 1.807) is 0 Å². The maximum atomic E-state index is 11.9. The van der Waals surface area contributed by atoms with Crippen LogP contribution in [0.1, 0.15) is 40.0 Å². The van der Waals surface area contributed by atoms with Crippen molar-refractivity contribution in [3.05, 3.63) is 12.2 Å². The van der Waals surface area contributed by atoms with E-state index in [0.29, 0.717) is 12.8 Å². The minimum absolute atomic E-state index is 0.320. The molecule has 0 radical (unpaired) electrons. The van der Waals surface area contributed by atoms with Gasteiger partial charge in [-0.25, -0.2) is 0 Å². The molecule has 3 heteroatoms. The highest BCUT2D eigenvalue weighted by atomic mass is 16.7. The van der Waals surface area contributed by atoms with E-state index >= 15 is 0 Å². The van der Waals surface area contributed by atoms with Crippen LogP contribution in [0.25, 0.3) is 0 Å². The van der Waals surface area contributed by atoms with Crippen molar-refractivity contribution in [3.63, 3.8) is 0 Å². The third-order valence-corrected chi connectivity index (χ3v) is 4.40. The smallest absolute Gasteiger partial charge is 0.314 e. The summed E-state index contributed by atoms with van der Waals surface area (Å²) in [6.07, 6.45) is 1.67. The molecule has 2 rings (SSSR count). The van der Waals surface area contributed by atoms with Gasteiger partial charge in [0, 0.05) is 18.3 Å². The molecule has 2 aliphatic rings. The average Bonchev–Trinajstić information content (AvgIpc) is 2.10. The number of carbonyl (C=O) groups is 1. The third-order valence-electron chi connectivity index (χ3n) is 4.40. The van der Waals surface area contributed by atoms with Gasteiger partial charge in [-0.1, -0.05) is 19.1 Å². The maximum absolute atomic E-state index is 11.9. The zero-order valence-corrected chi connectivity index (χ0v) is 9.59. The Balaban J connectivity index is 2.50. The predicted octanol–water partition coefficient (Wildman–Crippen LogP) is 2.00. The van der Waals surface area contributed by atoms with Crippen LogP contribution in [0.3, 0.4) is 0 Å². The van der Waals surface area contributed by atoms with E-state index in [9.17, 15) is 9.90 Å². The minimum atomic E-state index is -1.26. The first-order valence-corrected chi connectivity index (χ1v) is 5.35. The fourth-order valence-electron chi connectivity index (χ4n) is 2.66. The van der Waals surface area contributed by atoms with Gasteiger partial charge >= 0.3 is 5.97 Å². The number of fused-ring (bicyclic) bond motifs is 2. The van der Waals surface area contributed by atoms with Crippen molar-refractivity contribution in [1.29, 1.82) is 0 Å². The molecule has 3 nitrogen and oxygen atoms in total. The fourth-order valence-corrected chi connectivity index (χ4v) is 2.66. The normalized spacial score (nSPS) is 43.7. The van der Waals surface area contributed by atoms with E-state index in [2.05, 4.69) is 6.58 Å². The van der Waals surface area contributed by atoms with Crippen LogP contribution in [0.2, 0.25) is 0 Å². The first-order chi connectivity index (χ1) is 6.71. The van der Waals surface area contributed by atoms with E-state index in [0.717, 1.165) is 12.0 Å². The van der Waals surface area contributed by atoms with Gasteiger partial charge in [0.15, 0.2) is 0 Å². The van der Waals surface area contributed by atoms with Crippen molar-refractivity contribution < 1.29 is 14.6 Å². The number of hydrogen-bond donors (Lipinski definition) is 1. The summed E-state index contributed by atoms with van der Waals surface area (Å²) in [4.78, 5) is 11.9. The summed E-state index contributed by atoms with van der Waals surface area (Å²) >= 11 is 0. The second kappa shape index (κ2) is 2.64. The summed E-state index contributed by atoms with van der Waals surface area (Å²) in [6, 6.07) is 0. The van der Waals surface area contributed by atoms with Gasteiger partial charge in [-0.3, -0.25) is 4.79 Å². The molecule has 0 aromatic heterocycles. The van der Waals surface area contributed by atoms with Gasteiger partial charge in [0.25, 0.3) is 0 Å². The van der Waals surface area contributed by atoms with Gasteiger partial charge in [0.2, 0.25) is 5.79 Å². The largest absolute Gasteiger partial charge is 0.433 e. The molecule has 0 spiro atoms. The van der Waals surface area contributed by atoms with Crippen molar-refractivity contribution in [2.24, 2.45) is 10.8 Å². The molecular weight excluding hydrogens is 192 g/mol. The summed E-state index contributed by atoms with van der Waals surface area (Å²) in [5, 5.41) is 10.1. The van der Waals surface area contributed by atoms with Crippen molar-refractivity contribution in [1.82, 2.24) is 0 Å². The quantitative estimate of drug-likeness (QED) is 0.491. The summed E-state index contributed by atoms with van der Waals surface area (Å²) in [5.74, 6) is -1.58. The number of esters is 1. The Labute approximate surface area is 90.1 Å². The molecule has 1 saturated heterocycles. The Morgan fingerprint density at radius 3 is 2.60 bits per heavy atom. The Bertz CT molecular complexity index is 345. The van der Waals surface area contributed by atoms with Gasteiger partial charge in [0.1, 0.15) is 0 Å². The van der Waals surface area contributed by atoms with Crippen LogP contribution in [-0.2, 0) is 9.53 Å². The summed E-state index contributed by atoms with van der Waals surface area (Å²) in [5.41, 5.74) is 0.0975. The van der Waals surface area contributed by atoms with Crippen molar-refractivity contribution >= 4 is 5.97 Å². The molecule has 2 atom stereocenters. The Kier molecular flexibility index (Phi) is 1.88. The fraction of sp³-hybridized carbons (Fsp3) is 0.750. The van der Waals surface area contributed by atoms with Gasteiger partial charge < -0.3 is 9.84 Å². The monoisotopic (exact) mass is 210 g/mol. The minimum Gasteiger partial charge on any atom is -0.433 e. The van der Waals surface area contributed by atoms with Gasteiger partial charge in [-0.2, -0.15) is 0 Å². The highest BCUT2D eigenvalue weighted by Crippen LogP contribution is 2.58. The second-order valence-corrected chi connectivity index (χ2v) is 5.57. The molecule has 15 heavy (non-hydrogen) atoms. The van der Waals surface area contributed by atoms with Crippen LogP contribution < -0.4 is 0 Å². The Morgan fingerprint density at radius 1 is 1.40 bits per heavy atom. The molecular formula is C12H18O3. The lowest BCUT2D eigenvalue weighted by Gasteiger charge is -2.55. The van der Waals surface area contributed by atoms with Gasteiger partial charge in [-0.05, 0) is 20.3 Å². The molecule has 1 saturated carbocycles. The lowest BCUT2D eigenvalue weighted by molar-refractivity contribution is -0.268. The van der Waals surface area contributed by atoms with E-state index in [1.165, 1.54) is 0 Å². The molecule has 84 valence electrons. The standard InChI is InChI=1S/C12H18O3/c1-8-5-6-12(14)7-11(8,4)10(2,3)9(13)15-12/h14H,1,5-7H2,2-4H3/t11-,12-/m0/s1. The number of ether oxygens (including phenoxy) is 1. The van der Waals surface area contributed by atoms with E-state index in [1.807, 2.05) is 20.8 Å². The number of allylic oxidation sites excluding steroid dienone is 1. The van der Waals surface area contributed by atoms with Crippen LogP contribution in [0.15, 0.2) is 12.2 Å². The predicted molar refractivity (Wildman–Crippen MR) is 55.9 cm³/mol. The van der Waals surface area contributed by atoms with Gasteiger partial charge in [-0.15, -0.1) is 0 Å². The van der Waals surface area contributed by atoms with Crippen molar-refractivity contribution in [3.8, 4) is 0 Å².